The summed E-state index contributed by atoms with van der Waals surface area (Å²) in [7, 11) is 0. The molecule has 1 fully saturated rings. The number of amides is 1. The zero-order chi connectivity index (χ0) is 16.6. The first-order chi connectivity index (χ1) is 11.7. The number of aromatic nitrogens is 2. The molecule has 1 aromatic carbocycles. The first kappa shape index (κ1) is 17.9. The number of halogens is 1. The summed E-state index contributed by atoms with van der Waals surface area (Å²) in [4.78, 5) is 14.7. The molecule has 0 spiro atoms. The van der Waals surface area contributed by atoms with Crippen LogP contribution in [0.15, 0.2) is 30.3 Å². The Morgan fingerprint density at radius 2 is 1.92 bits per heavy atom. The second-order valence-electron chi connectivity index (χ2n) is 6.73. The van der Waals surface area contributed by atoms with E-state index in [0.29, 0.717) is 26.2 Å². The lowest BCUT2D eigenvalue weighted by molar-refractivity contribution is -0.148. The van der Waals surface area contributed by atoms with Crippen molar-refractivity contribution in [3.63, 3.8) is 0 Å². The van der Waals surface area contributed by atoms with Gasteiger partial charge in [-0.25, -0.2) is 0 Å². The molecule has 1 aromatic heterocycles. The van der Waals surface area contributed by atoms with Gasteiger partial charge in [-0.15, -0.1) is 12.4 Å². The van der Waals surface area contributed by atoms with Gasteiger partial charge in [0.25, 0.3) is 0 Å². The highest BCUT2D eigenvalue weighted by Gasteiger charge is 2.46. The number of carbonyl (C=O) groups excluding carboxylic acids is 1. The van der Waals surface area contributed by atoms with Crippen LogP contribution in [0.1, 0.15) is 11.3 Å². The molecular weight excluding hydrogens is 340 g/mol. The van der Waals surface area contributed by atoms with E-state index in [4.69, 9.17) is 0 Å². The molecule has 3 N–H and O–H groups in total. The molecule has 3 heterocycles. The number of aromatic amines is 1. The number of H-pyrrole nitrogens is 1. The predicted octanol–water partition coefficient (Wildman–Crippen LogP) is 1.01. The number of fused-ring (bicyclic) bond motifs is 1. The number of benzene rings is 1. The number of rotatable bonds is 3. The smallest absolute Gasteiger partial charge is 0.233 e. The van der Waals surface area contributed by atoms with Crippen LogP contribution in [-0.4, -0.2) is 58.9 Å². The van der Waals surface area contributed by atoms with Crippen LogP contribution in [0.2, 0.25) is 0 Å². The molecule has 0 saturated carbocycles. The molecule has 7 heteroatoms. The number of aliphatic hydroxyl groups is 1. The fraction of sp³-hybridized carbons (Fsp3) is 0.444. The van der Waals surface area contributed by atoms with Gasteiger partial charge in [0, 0.05) is 49.4 Å². The average molecular weight is 363 g/mol. The second kappa shape index (κ2) is 7.15. The molecule has 1 amide bonds. The van der Waals surface area contributed by atoms with Crippen LogP contribution in [0.4, 0.5) is 0 Å². The van der Waals surface area contributed by atoms with Crippen LogP contribution in [0.25, 0.3) is 11.3 Å². The Morgan fingerprint density at radius 1 is 1.20 bits per heavy atom. The third-order valence-electron chi connectivity index (χ3n) is 5.23. The third kappa shape index (κ3) is 3.05. The number of nitrogens with one attached hydrogen (secondary N) is 2. The van der Waals surface area contributed by atoms with E-state index in [9.17, 15) is 9.90 Å². The topological polar surface area (TPSA) is 81.2 Å². The maximum atomic E-state index is 12.8. The predicted molar refractivity (Wildman–Crippen MR) is 97.6 cm³/mol. The fourth-order valence-corrected chi connectivity index (χ4v) is 3.61. The molecule has 0 bridgehead atoms. The molecule has 6 nitrogen and oxygen atoms in total. The monoisotopic (exact) mass is 362 g/mol. The van der Waals surface area contributed by atoms with Gasteiger partial charge in [0.2, 0.25) is 5.91 Å². The van der Waals surface area contributed by atoms with Crippen molar-refractivity contribution in [2.75, 3.05) is 32.8 Å². The first-order valence-electron chi connectivity index (χ1n) is 8.46. The van der Waals surface area contributed by atoms with Gasteiger partial charge in [0.15, 0.2) is 0 Å². The molecule has 4 rings (SSSR count). The molecule has 2 aliphatic rings. The molecule has 0 unspecified atom stereocenters. The molecule has 0 atom stereocenters. The Bertz CT molecular complexity index is 737. The van der Waals surface area contributed by atoms with Crippen LogP contribution in [0.3, 0.4) is 0 Å². The van der Waals surface area contributed by atoms with Gasteiger partial charge in [-0.1, -0.05) is 30.3 Å². The number of aliphatic hydroxyl groups excluding tert-OH is 1. The fourth-order valence-electron chi connectivity index (χ4n) is 3.61. The maximum absolute atomic E-state index is 12.8. The van der Waals surface area contributed by atoms with E-state index < -0.39 is 5.41 Å². The Labute approximate surface area is 153 Å². The van der Waals surface area contributed by atoms with Crippen molar-refractivity contribution < 1.29 is 9.90 Å². The number of hydrogen-bond donors (Lipinski definition) is 3. The minimum atomic E-state index is -0.613. The third-order valence-corrected chi connectivity index (χ3v) is 5.23. The van der Waals surface area contributed by atoms with E-state index in [1.807, 2.05) is 23.1 Å². The van der Waals surface area contributed by atoms with E-state index in [2.05, 4.69) is 27.6 Å². The van der Waals surface area contributed by atoms with E-state index in [-0.39, 0.29) is 24.9 Å². The van der Waals surface area contributed by atoms with Crippen molar-refractivity contribution in [3.05, 3.63) is 41.6 Å². The highest BCUT2D eigenvalue weighted by molar-refractivity contribution is 5.85. The van der Waals surface area contributed by atoms with Gasteiger partial charge in [0.1, 0.15) is 0 Å². The molecule has 25 heavy (non-hydrogen) atoms. The lowest BCUT2D eigenvalue weighted by atomic mass is 9.81. The quantitative estimate of drug-likeness (QED) is 0.761. The number of hydrogen-bond acceptors (Lipinski definition) is 4. The molecular formula is C18H23ClN4O2. The van der Waals surface area contributed by atoms with E-state index in [1.165, 1.54) is 5.56 Å². The molecule has 2 aromatic rings. The lowest BCUT2D eigenvalue weighted by Crippen LogP contribution is -2.64. The van der Waals surface area contributed by atoms with Gasteiger partial charge in [0.05, 0.1) is 17.7 Å². The normalized spacial score (nSPS) is 18.5. The summed E-state index contributed by atoms with van der Waals surface area (Å²) >= 11 is 0. The molecule has 1 saturated heterocycles. The van der Waals surface area contributed by atoms with Gasteiger partial charge < -0.3 is 15.3 Å². The summed E-state index contributed by atoms with van der Waals surface area (Å²) in [6.45, 7) is 2.40. The zero-order valence-electron chi connectivity index (χ0n) is 14.0. The summed E-state index contributed by atoms with van der Waals surface area (Å²) in [5.41, 5.74) is 3.81. The highest BCUT2D eigenvalue weighted by atomic mass is 35.5. The van der Waals surface area contributed by atoms with E-state index >= 15 is 0 Å². The summed E-state index contributed by atoms with van der Waals surface area (Å²) in [5, 5.41) is 20.4. The van der Waals surface area contributed by atoms with Crippen molar-refractivity contribution >= 4 is 18.3 Å². The Morgan fingerprint density at radius 3 is 2.56 bits per heavy atom. The summed E-state index contributed by atoms with van der Waals surface area (Å²) < 4.78 is 0. The van der Waals surface area contributed by atoms with Crippen LogP contribution in [0, 0.1) is 5.41 Å². The van der Waals surface area contributed by atoms with Crippen molar-refractivity contribution in [2.24, 2.45) is 5.41 Å². The van der Waals surface area contributed by atoms with Crippen LogP contribution in [-0.2, 0) is 17.6 Å². The number of nitrogens with zero attached hydrogens (tertiary/aromatic N) is 2. The summed E-state index contributed by atoms with van der Waals surface area (Å²) in [5.74, 6) is 0.0723. The van der Waals surface area contributed by atoms with Gasteiger partial charge in [-0.05, 0) is 6.42 Å². The molecule has 2 aliphatic heterocycles. The standard InChI is InChI=1S/C18H22N4O2.ClH/c23-12-18(10-19-11-18)17(24)22-8-6-14-15(7-9-22)20-21-16(14)13-4-2-1-3-5-13;/h1-5,19,23H,6-12H2,(H,20,21);1H. The summed E-state index contributed by atoms with van der Waals surface area (Å²) in [6.07, 6.45) is 1.56. The Kier molecular flexibility index (Phi) is 5.13. The first-order valence-corrected chi connectivity index (χ1v) is 8.46. The Hall–Kier alpha value is -1.89. The molecule has 0 radical (unpaired) electrons. The summed E-state index contributed by atoms with van der Waals surface area (Å²) in [6, 6.07) is 10.1. The van der Waals surface area contributed by atoms with Crippen LogP contribution >= 0.6 is 12.4 Å². The van der Waals surface area contributed by atoms with Crippen molar-refractivity contribution in [3.8, 4) is 11.3 Å². The van der Waals surface area contributed by atoms with Crippen molar-refractivity contribution in [1.82, 2.24) is 20.4 Å². The van der Waals surface area contributed by atoms with Crippen LogP contribution < -0.4 is 5.32 Å². The molecule has 134 valence electrons. The van der Waals surface area contributed by atoms with Crippen LogP contribution in [0.5, 0.6) is 0 Å². The van der Waals surface area contributed by atoms with E-state index in [1.54, 1.807) is 0 Å². The van der Waals surface area contributed by atoms with Gasteiger partial charge in [-0.3, -0.25) is 9.89 Å². The maximum Gasteiger partial charge on any atom is 0.233 e. The van der Waals surface area contributed by atoms with E-state index in [0.717, 1.165) is 29.8 Å². The average Bonchev–Trinajstić information content (AvgIpc) is 2.87. The Balaban J connectivity index is 0.00000182. The highest BCUT2D eigenvalue weighted by Crippen LogP contribution is 2.29. The minimum Gasteiger partial charge on any atom is -0.395 e. The largest absolute Gasteiger partial charge is 0.395 e. The van der Waals surface area contributed by atoms with Crippen molar-refractivity contribution in [1.29, 1.82) is 0 Å². The zero-order valence-corrected chi connectivity index (χ0v) is 14.8. The lowest BCUT2D eigenvalue weighted by Gasteiger charge is -2.42. The molecule has 0 aliphatic carbocycles. The van der Waals surface area contributed by atoms with Crippen molar-refractivity contribution in [2.45, 2.75) is 12.8 Å². The van der Waals surface area contributed by atoms with Gasteiger partial charge in [-0.2, -0.15) is 5.10 Å². The second-order valence-corrected chi connectivity index (χ2v) is 6.73. The minimum absolute atomic E-state index is 0. The van der Waals surface area contributed by atoms with Gasteiger partial charge >= 0.3 is 0 Å². The SMILES string of the molecule is Cl.O=C(N1CCc2[nH]nc(-c3ccccc3)c2CC1)C1(CO)CNC1. The number of carbonyl (C=O) groups is 1.